The number of hydrogen-bond acceptors (Lipinski definition) is 7. The van der Waals surface area contributed by atoms with E-state index in [0.29, 0.717) is 43.1 Å². The number of nitrogens with zero attached hydrogens (tertiary/aromatic N) is 3. The summed E-state index contributed by atoms with van der Waals surface area (Å²) in [6.45, 7) is 4.22. The number of amidine groups is 1. The molecule has 2 aromatic rings. The molecule has 1 amide bonds. The van der Waals surface area contributed by atoms with Gasteiger partial charge < -0.3 is 9.84 Å². The molecular formula is C19H25N5O4S. The maximum atomic E-state index is 12.7. The molecule has 9 nitrogen and oxygen atoms in total. The van der Waals surface area contributed by atoms with Gasteiger partial charge in [-0.05, 0) is 31.9 Å². The number of nitrogens with one attached hydrogen (secondary N) is 2. The third-order valence-electron chi connectivity index (χ3n) is 4.52. The third kappa shape index (κ3) is 5.20. The summed E-state index contributed by atoms with van der Waals surface area (Å²) in [5, 5.41) is 6.61. The molecule has 0 aliphatic carbocycles. The Morgan fingerprint density at radius 2 is 2.10 bits per heavy atom. The number of fused-ring (bicyclic) bond motifs is 1. The highest BCUT2D eigenvalue weighted by atomic mass is 32.2. The van der Waals surface area contributed by atoms with Gasteiger partial charge in [-0.25, -0.2) is 8.42 Å². The van der Waals surface area contributed by atoms with Gasteiger partial charge in [-0.1, -0.05) is 37.1 Å². The molecule has 0 radical (unpaired) electrons. The first-order chi connectivity index (χ1) is 13.9. The van der Waals surface area contributed by atoms with Crippen LogP contribution in [0.15, 0.2) is 38.7 Å². The maximum Gasteiger partial charge on any atom is 0.263 e. The molecule has 1 aliphatic heterocycles. The predicted octanol–water partition coefficient (Wildman–Crippen LogP) is 1.72. The van der Waals surface area contributed by atoms with Crippen molar-refractivity contribution in [2.24, 2.45) is 4.99 Å². The molecule has 156 valence electrons. The number of amides is 1. The van der Waals surface area contributed by atoms with Gasteiger partial charge in [-0.3, -0.25) is 14.5 Å². The second-order valence-electron chi connectivity index (χ2n) is 6.87. The number of hydrogen-bond donors (Lipinski definition) is 2. The first-order valence-electron chi connectivity index (χ1n) is 9.67. The number of rotatable bonds is 9. The summed E-state index contributed by atoms with van der Waals surface area (Å²) in [6.07, 6.45) is 3.49. The summed E-state index contributed by atoms with van der Waals surface area (Å²) in [5.74, 6) is 1.12. The second-order valence-corrected chi connectivity index (χ2v) is 8.52. The number of benzene rings is 1. The lowest BCUT2D eigenvalue weighted by atomic mass is 10.1. The summed E-state index contributed by atoms with van der Waals surface area (Å²) < 4.78 is 32.0. The summed E-state index contributed by atoms with van der Waals surface area (Å²) >= 11 is 0. The molecule has 1 aliphatic rings. The highest BCUT2D eigenvalue weighted by molar-refractivity contribution is 7.90. The molecule has 1 unspecified atom stereocenters. The number of sulfonamides is 1. The Morgan fingerprint density at radius 1 is 1.31 bits per heavy atom. The largest absolute Gasteiger partial charge is 0.354 e. The van der Waals surface area contributed by atoms with E-state index in [-0.39, 0.29) is 16.6 Å². The maximum absolute atomic E-state index is 12.7. The van der Waals surface area contributed by atoms with Crippen molar-refractivity contribution in [1.82, 2.24) is 20.2 Å². The molecule has 10 heteroatoms. The van der Waals surface area contributed by atoms with E-state index in [2.05, 4.69) is 25.2 Å². The van der Waals surface area contributed by atoms with Gasteiger partial charge in [-0.15, -0.1) is 0 Å². The van der Waals surface area contributed by atoms with Crippen molar-refractivity contribution < 1.29 is 17.7 Å². The molecule has 1 atom stereocenters. The van der Waals surface area contributed by atoms with E-state index in [4.69, 9.17) is 4.52 Å². The van der Waals surface area contributed by atoms with Crippen molar-refractivity contribution in [2.75, 3.05) is 6.54 Å². The Balaban J connectivity index is 1.66. The minimum Gasteiger partial charge on any atom is -0.354 e. The average molecular weight is 420 g/mol. The smallest absolute Gasteiger partial charge is 0.263 e. The van der Waals surface area contributed by atoms with Crippen LogP contribution in [0.25, 0.3) is 0 Å². The van der Waals surface area contributed by atoms with E-state index in [1.165, 1.54) is 6.07 Å². The zero-order valence-electron chi connectivity index (χ0n) is 16.5. The van der Waals surface area contributed by atoms with Crippen molar-refractivity contribution in [3.8, 4) is 0 Å². The normalized spacial score (nSPS) is 17.0. The van der Waals surface area contributed by atoms with E-state index >= 15 is 0 Å². The fourth-order valence-electron chi connectivity index (χ4n) is 3.05. The van der Waals surface area contributed by atoms with Crippen molar-refractivity contribution in [1.29, 1.82) is 0 Å². The number of aliphatic imine (C=N–C) groups is 1. The first-order valence-corrected chi connectivity index (χ1v) is 11.2. The van der Waals surface area contributed by atoms with Gasteiger partial charge in [0.1, 0.15) is 11.9 Å². The number of aromatic nitrogens is 2. The van der Waals surface area contributed by atoms with E-state index in [1.807, 2.05) is 6.92 Å². The Bertz CT molecular complexity index is 1000. The molecule has 3 rings (SSSR count). The number of unbranched alkanes of at least 4 members (excludes halogenated alkanes) is 1. The molecule has 2 heterocycles. The van der Waals surface area contributed by atoms with E-state index in [1.54, 1.807) is 25.1 Å². The minimum absolute atomic E-state index is 0.184. The van der Waals surface area contributed by atoms with Gasteiger partial charge in [0.25, 0.3) is 10.0 Å². The lowest BCUT2D eigenvalue weighted by Crippen LogP contribution is -2.36. The van der Waals surface area contributed by atoms with Gasteiger partial charge in [0.2, 0.25) is 11.8 Å². The van der Waals surface area contributed by atoms with Crippen LogP contribution >= 0.6 is 0 Å². The van der Waals surface area contributed by atoms with Gasteiger partial charge in [0.05, 0.1) is 4.90 Å². The van der Waals surface area contributed by atoms with Crippen LogP contribution in [0, 0.1) is 6.92 Å². The van der Waals surface area contributed by atoms with Gasteiger partial charge in [0.15, 0.2) is 5.82 Å². The van der Waals surface area contributed by atoms with Crippen LogP contribution in [0.3, 0.4) is 0 Å². The van der Waals surface area contributed by atoms with Crippen molar-refractivity contribution in [2.45, 2.75) is 56.9 Å². The molecular weight excluding hydrogens is 394 g/mol. The molecule has 0 fully saturated rings. The van der Waals surface area contributed by atoms with Gasteiger partial charge in [0, 0.05) is 18.5 Å². The summed E-state index contributed by atoms with van der Waals surface area (Å²) in [7, 11) is -3.63. The van der Waals surface area contributed by atoms with Crippen LogP contribution < -0.4 is 10.0 Å². The van der Waals surface area contributed by atoms with E-state index in [9.17, 15) is 13.2 Å². The number of carbonyl (C=O) groups is 1. The topological polar surface area (TPSA) is 127 Å². The van der Waals surface area contributed by atoms with Crippen LogP contribution in [0.4, 0.5) is 0 Å². The highest BCUT2D eigenvalue weighted by Crippen LogP contribution is 2.23. The summed E-state index contributed by atoms with van der Waals surface area (Å²) in [6, 6.07) is 5.96. The Morgan fingerprint density at radius 3 is 2.83 bits per heavy atom. The second kappa shape index (κ2) is 9.17. The summed E-state index contributed by atoms with van der Waals surface area (Å²) in [5.41, 5.74) is 0.494. The van der Waals surface area contributed by atoms with Gasteiger partial charge in [-0.2, -0.15) is 4.98 Å². The Labute approximate surface area is 170 Å². The Hall–Kier alpha value is -2.75. The lowest BCUT2D eigenvalue weighted by Gasteiger charge is -2.13. The standard InChI is InChI=1S/C19H25N5O4S/c1-3-4-9-15(19(25)20-12-7-11-17-21-13(2)23-28-17)22-18-14-8-5-6-10-16(14)29(26,27)24-18/h5-6,8,10,15H,3-4,7,9,11-12H2,1-2H3,(H,20,25)(H,22,24). The fourth-order valence-corrected chi connectivity index (χ4v) is 4.29. The first kappa shape index (κ1) is 21.0. The quantitative estimate of drug-likeness (QED) is 0.596. The van der Waals surface area contributed by atoms with Crippen LogP contribution in [0.5, 0.6) is 0 Å². The SMILES string of the molecule is CCCCC(N=C1NS(=O)(=O)c2ccccc21)C(=O)NCCCc1nc(C)no1. The monoisotopic (exact) mass is 419 g/mol. The van der Waals surface area contributed by atoms with Crippen LogP contribution in [0.1, 0.15) is 49.9 Å². The van der Waals surface area contributed by atoms with Crippen molar-refractivity contribution >= 4 is 21.8 Å². The van der Waals surface area contributed by atoms with E-state index < -0.39 is 16.1 Å². The van der Waals surface area contributed by atoms with E-state index in [0.717, 1.165) is 12.8 Å². The molecule has 0 bridgehead atoms. The molecule has 1 aromatic heterocycles. The van der Waals surface area contributed by atoms with Crippen LogP contribution in [-0.4, -0.2) is 42.9 Å². The molecule has 0 saturated carbocycles. The van der Waals surface area contributed by atoms with Crippen molar-refractivity contribution in [3.05, 3.63) is 41.5 Å². The Kier molecular flexibility index (Phi) is 6.63. The minimum atomic E-state index is -3.63. The molecule has 29 heavy (non-hydrogen) atoms. The van der Waals surface area contributed by atoms with Crippen LogP contribution in [0.2, 0.25) is 0 Å². The van der Waals surface area contributed by atoms with Crippen molar-refractivity contribution in [3.63, 3.8) is 0 Å². The highest BCUT2D eigenvalue weighted by Gasteiger charge is 2.31. The zero-order valence-corrected chi connectivity index (χ0v) is 17.3. The summed E-state index contributed by atoms with van der Waals surface area (Å²) in [4.78, 5) is 21.5. The molecule has 2 N–H and O–H groups in total. The third-order valence-corrected chi connectivity index (χ3v) is 5.91. The van der Waals surface area contributed by atoms with Gasteiger partial charge >= 0.3 is 0 Å². The zero-order chi connectivity index (χ0) is 20.9. The number of carbonyl (C=O) groups excluding carboxylic acids is 1. The van der Waals surface area contributed by atoms with Crippen LogP contribution in [-0.2, 0) is 21.2 Å². The average Bonchev–Trinajstić information content (AvgIpc) is 3.22. The molecule has 0 spiro atoms. The predicted molar refractivity (Wildman–Crippen MR) is 107 cm³/mol. The number of aryl methyl sites for hydroxylation is 2. The molecule has 0 saturated heterocycles. The lowest BCUT2D eigenvalue weighted by molar-refractivity contribution is -0.122. The fraction of sp³-hybridized carbons (Fsp3) is 0.474. The molecule has 1 aromatic carbocycles.